The number of nitrogens with one attached hydrogen (secondary N) is 1. The number of nitrogens with zero attached hydrogens (tertiary/aromatic N) is 3. The molecule has 0 aliphatic heterocycles. The zero-order valence-corrected chi connectivity index (χ0v) is 14.1. The summed E-state index contributed by atoms with van der Waals surface area (Å²) in [5, 5.41) is 12.1. The molecule has 1 heterocycles. The maximum absolute atomic E-state index is 12.4. The molecule has 0 aliphatic rings. The van der Waals surface area contributed by atoms with Crippen LogP contribution in [0.15, 0.2) is 54.6 Å². The zero-order chi connectivity index (χ0) is 19.4. The van der Waals surface area contributed by atoms with Gasteiger partial charge >= 0.3 is 0 Å². The number of hydrogen-bond donors (Lipinski definition) is 3. The normalized spacial score (nSPS) is 9.85. The third-order valence-corrected chi connectivity index (χ3v) is 3.90. The van der Waals surface area contributed by atoms with Crippen molar-refractivity contribution < 1.29 is 4.79 Å². The number of nitrogens with two attached hydrogens (primary N) is 2. The fourth-order valence-corrected chi connectivity index (χ4v) is 2.50. The number of nitriles is 1. The first kappa shape index (κ1) is 17.5. The summed E-state index contributed by atoms with van der Waals surface area (Å²) in [4.78, 5) is 19.8. The van der Waals surface area contributed by atoms with Crippen LogP contribution in [0.1, 0.15) is 15.9 Å². The Labute approximate surface area is 155 Å². The van der Waals surface area contributed by atoms with E-state index in [-0.39, 0.29) is 23.0 Å². The highest BCUT2D eigenvalue weighted by atomic mass is 16.1. The molecule has 0 saturated heterocycles. The van der Waals surface area contributed by atoms with E-state index in [9.17, 15) is 10.1 Å². The lowest BCUT2D eigenvalue weighted by atomic mass is 10.0. The van der Waals surface area contributed by atoms with Gasteiger partial charge in [-0.25, -0.2) is 9.83 Å². The summed E-state index contributed by atoms with van der Waals surface area (Å²) >= 11 is 0. The van der Waals surface area contributed by atoms with Crippen LogP contribution in [0.5, 0.6) is 0 Å². The fraction of sp³-hybridized carbons (Fsp3) is 0. The maximum Gasteiger partial charge on any atom is 0.255 e. The van der Waals surface area contributed by atoms with Crippen LogP contribution in [0.3, 0.4) is 0 Å². The van der Waals surface area contributed by atoms with Crippen molar-refractivity contribution >= 4 is 28.8 Å². The fourth-order valence-electron chi connectivity index (χ4n) is 2.50. The molecular formula is C20H14N6O. The highest BCUT2D eigenvalue weighted by Crippen LogP contribution is 2.29. The summed E-state index contributed by atoms with van der Waals surface area (Å²) in [6, 6.07) is 17.0. The Bertz CT molecular complexity index is 1110. The SMILES string of the molecule is [C-]#[N+]c1cc(C#N)c(-c2ccc(C(=O)Nc3ccccc3N)cc2)nc1N. The molecule has 1 aromatic heterocycles. The summed E-state index contributed by atoms with van der Waals surface area (Å²) in [5.74, 6) is -0.254. The third-order valence-electron chi connectivity index (χ3n) is 3.90. The van der Waals surface area contributed by atoms with E-state index in [0.29, 0.717) is 28.2 Å². The summed E-state index contributed by atoms with van der Waals surface area (Å²) in [6.45, 7) is 7.06. The summed E-state index contributed by atoms with van der Waals surface area (Å²) < 4.78 is 0. The molecule has 0 spiro atoms. The molecule has 0 bridgehead atoms. The lowest BCUT2D eigenvalue weighted by molar-refractivity contribution is 0.102. The number of aromatic nitrogens is 1. The highest BCUT2D eigenvalue weighted by molar-refractivity contribution is 6.05. The van der Waals surface area contributed by atoms with Gasteiger partial charge in [-0.15, -0.1) is 0 Å². The van der Waals surface area contributed by atoms with E-state index in [2.05, 4.69) is 15.1 Å². The van der Waals surface area contributed by atoms with E-state index in [0.717, 1.165) is 0 Å². The standard InChI is InChI=1S/C20H14N6O/c1-24-17-10-14(11-21)18(26-19(17)23)12-6-8-13(9-7-12)20(27)25-16-5-3-2-4-15(16)22/h2-10H,22H2,(H2,23,26)(H,25,27). The van der Waals surface area contributed by atoms with Gasteiger partial charge in [0.25, 0.3) is 5.91 Å². The molecule has 0 fully saturated rings. The van der Waals surface area contributed by atoms with Crippen molar-refractivity contribution in [1.29, 1.82) is 5.26 Å². The molecule has 3 rings (SSSR count). The molecule has 2 aromatic carbocycles. The van der Waals surface area contributed by atoms with Crippen LogP contribution in [0.25, 0.3) is 16.1 Å². The van der Waals surface area contributed by atoms with Gasteiger partial charge in [-0.2, -0.15) is 5.26 Å². The van der Waals surface area contributed by atoms with Crippen LogP contribution in [0.4, 0.5) is 22.9 Å². The summed E-state index contributed by atoms with van der Waals surface area (Å²) in [5.41, 5.74) is 14.4. The highest BCUT2D eigenvalue weighted by Gasteiger charge is 2.13. The van der Waals surface area contributed by atoms with E-state index in [1.165, 1.54) is 6.07 Å². The Balaban J connectivity index is 1.89. The van der Waals surface area contributed by atoms with Crippen LogP contribution >= 0.6 is 0 Å². The van der Waals surface area contributed by atoms with Gasteiger partial charge in [0.1, 0.15) is 11.9 Å². The van der Waals surface area contributed by atoms with Crippen LogP contribution in [-0.4, -0.2) is 10.9 Å². The minimum atomic E-state index is -0.309. The second-order valence-corrected chi connectivity index (χ2v) is 5.63. The quantitative estimate of drug-likeness (QED) is 0.490. The van der Waals surface area contributed by atoms with E-state index in [4.69, 9.17) is 18.0 Å². The molecule has 130 valence electrons. The van der Waals surface area contributed by atoms with Crippen molar-refractivity contribution in [3.63, 3.8) is 0 Å². The van der Waals surface area contributed by atoms with Crippen molar-refractivity contribution in [3.05, 3.63) is 77.1 Å². The topological polar surface area (TPSA) is 122 Å². The molecule has 27 heavy (non-hydrogen) atoms. The van der Waals surface area contributed by atoms with Crippen molar-refractivity contribution in [2.75, 3.05) is 16.8 Å². The molecule has 5 N–H and O–H groups in total. The van der Waals surface area contributed by atoms with Crippen molar-refractivity contribution in [2.45, 2.75) is 0 Å². The number of anilines is 3. The second kappa shape index (κ2) is 7.26. The maximum atomic E-state index is 12.4. The molecule has 1 amide bonds. The average molecular weight is 354 g/mol. The Morgan fingerprint density at radius 3 is 2.48 bits per heavy atom. The van der Waals surface area contributed by atoms with Gasteiger partial charge in [-0.05, 0) is 30.3 Å². The van der Waals surface area contributed by atoms with Crippen LogP contribution < -0.4 is 16.8 Å². The first-order valence-electron chi connectivity index (χ1n) is 7.88. The number of rotatable bonds is 3. The number of para-hydroxylation sites is 2. The number of hydrogen-bond acceptors (Lipinski definition) is 5. The van der Waals surface area contributed by atoms with Gasteiger partial charge in [0.05, 0.1) is 29.2 Å². The Hall–Kier alpha value is -4.36. The predicted octanol–water partition coefficient (Wildman–Crippen LogP) is 3.59. The minimum absolute atomic E-state index is 0.0559. The number of carbonyl (C=O) groups excluding carboxylic acids is 1. The Kier molecular flexibility index (Phi) is 4.69. The average Bonchev–Trinajstić information content (AvgIpc) is 2.69. The van der Waals surface area contributed by atoms with Crippen LogP contribution in [0.2, 0.25) is 0 Å². The third kappa shape index (κ3) is 3.53. The van der Waals surface area contributed by atoms with E-state index >= 15 is 0 Å². The lowest BCUT2D eigenvalue weighted by Crippen LogP contribution is -2.13. The van der Waals surface area contributed by atoms with Crippen molar-refractivity contribution in [1.82, 2.24) is 4.98 Å². The smallest absolute Gasteiger partial charge is 0.255 e. The Morgan fingerprint density at radius 2 is 1.85 bits per heavy atom. The summed E-state index contributed by atoms with van der Waals surface area (Å²) in [6.07, 6.45) is 0. The van der Waals surface area contributed by atoms with E-state index < -0.39 is 0 Å². The second-order valence-electron chi connectivity index (χ2n) is 5.63. The number of pyridine rings is 1. The molecule has 7 nitrogen and oxygen atoms in total. The monoisotopic (exact) mass is 354 g/mol. The van der Waals surface area contributed by atoms with Crippen molar-refractivity contribution in [2.24, 2.45) is 0 Å². The van der Waals surface area contributed by atoms with Gasteiger partial charge < -0.3 is 16.8 Å². The molecule has 3 aromatic rings. The molecule has 0 aliphatic carbocycles. The molecule has 0 radical (unpaired) electrons. The van der Waals surface area contributed by atoms with Gasteiger partial charge in [-0.3, -0.25) is 4.79 Å². The van der Waals surface area contributed by atoms with Crippen LogP contribution in [-0.2, 0) is 0 Å². The summed E-state index contributed by atoms with van der Waals surface area (Å²) in [7, 11) is 0. The number of nitrogen functional groups attached to an aromatic ring is 2. The molecule has 0 unspecified atom stereocenters. The predicted molar refractivity (Wildman–Crippen MR) is 104 cm³/mol. The molecule has 0 saturated carbocycles. The van der Waals surface area contributed by atoms with Gasteiger partial charge in [0.2, 0.25) is 5.69 Å². The van der Waals surface area contributed by atoms with E-state index in [1.807, 2.05) is 6.07 Å². The lowest BCUT2D eigenvalue weighted by Gasteiger charge is -2.09. The van der Waals surface area contributed by atoms with E-state index in [1.54, 1.807) is 48.5 Å². The van der Waals surface area contributed by atoms with Gasteiger partial charge in [-0.1, -0.05) is 24.3 Å². The molecule has 7 heteroatoms. The van der Waals surface area contributed by atoms with Gasteiger partial charge in [0.15, 0.2) is 0 Å². The minimum Gasteiger partial charge on any atom is -0.397 e. The number of amides is 1. The zero-order valence-electron chi connectivity index (χ0n) is 14.1. The number of carbonyl (C=O) groups is 1. The Morgan fingerprint density at radius 1 is 1.15 bits per heavy atom. The largest absolute Gasteiger partial charge is 0.397 e. The first-order chi connectivity index (χ1) is 13.0. The van der Waals surface area contributed by atoms with Crippen molar-refractivity contribution in [3.8, 4) is 17.3 Å². The van der Waals surface area contributed by atoms with Crippen LogP contribution in [0, 0.1) is 17.9 Å². The number of benzene rings is 2. The molecule has 0 atom stereocenters. The molecular weight excluding hydrogens is 340 g/mol. The first-order valence-corrected chi connectivity index (χ1v) is 7.88. The van der Waals surface area contributed by atoms with Gasteiger partial charge in [0, 0.05) is 11.1 Å².